The summed E-state index contributed by atoms with van der Waals surface area (Å²) >= 11 is 0. The standard InChI is InChI=1S/C17H17F2NO/c1-12-4-3-5-16(8-12)20(2)7-6-17(21)13-9-14(18)11-15(19)10-13/h3-5,8-11H,6-7H2,1-2H3. The third-order valence-corrected chi connectivity index (χ3v) is 3.30. The topological polar surface area (TPSA) is 20.3 Å². The molecule has 0 bridgehead atoms. The van der Waals surface area contributed by atoms with Crippen LogP contribution in [-0.2, 0) is 0 Å². The van der Waals surface area contributed by atoms with Gasteiger partial charge in [0.05, 0.1) is 0 Å². The molecule has 2 aromatic carbocycles. The molecule has 0 radical (unpaired) electrons. The van der Waals surface area contributed by atoms with Gasteiger partial charge < -0.3 is 4.90 Å². The molecule has 0 aromatic heterocycles. The van der Waals surface area contributed by atoms with Crippen LogP contribution in [0, 0.1) is 18.6 Å². The van der Waals surface area contributed by atoms with Gasteiger partial charge in [-0.25, -0.2) is 8.78 Å². The molecule has 2 aromatic rings. The van der Waals surface area contributed by atoms with Gasteiger partial charge in [-0.3, -0.25) is 4.79 Å². The van der Waals surface area contributed by atoms with Crippen LogP contribution >= 0.6 is 0 Å². The van der Waals surface area contributed by atoms with E-state index in [0.29, 0.717) is 6.54 Å². The van der Waals surface area contributed by atoms with Crippen LogP contribution in [0.5, 0.6) is 0 Å². The molecule has 0 N–H and O–H groups in total. The molecule has 2 nitrogen and oxygen atoms in total. The van der Waals surface area contributed by atoms with E-state index in [1.807, 2.05) is 43.1 Å². The largest absolute Gasteiger partial charge is 0.374 e. The molecule has 0 fully saturated rings. The predicted octanol–water partition coefficient (Wildman–Crippen LogP) is 3.98. The fraction of sp³-hybridized carbons (Fsp3) is 0.235. The van der Waals surface area contributed by atoms with E-state index in [1.54, 1.807) is 0 Å². The molecule has 0 aliphatic rings. The monoisotopic (exact) mass is 289 g/mol. The third kappa shape index (κ3) is 4.12. The molecule has 110 valence electrons. The first-order chi connectivity index (χ1) is 9.95. The number of hydrogen-bond acceptors (Lipinski definition) is 2. The number of Topliss-reactive ketones (excluding diaryl/α,β-unsaturated/α-hetero) is 1. The minimum absolute atomic E-state index is 0.0742. The van der Waals surface area contributed by atoms with E-state index in [-0.39, 0.29) is 17.8 Å². The Morgan fingerprint density at radius 3 is 2.38 bits per heavy atom. The summed E-state index contributed by atoms with van der Waals surface area (Å²) in [5.41, 5.74) is 2.22. The van der Waals surface area contributed by atoms with Crippen LogP contribution in [0.1, 0.15) is 22.3 Å². The molecular weight excluding hydrogens is 272 g/mol. The summed E-state index contributed by atoms with van der Waals surface area (Å²) in [5.74, 6) is -1.73. The molecule has 0 amide bonds. The van der Waals surface area contributed by atoms with Gasteiger partial charge in [-0.05, 0) is 36.8 Å². The zero-order valence-electron chi connectivity index (χ0n) is 12.1. The fourth-order valence-corrected chi connectivity index (χ4v) is 2.12. The van der Waals surface area contributed by atoms with Crippen molar-refractivity contribution in [3.05, 3.63) is 65.2 Å². The Balaban J connectivity index is 2.00. The number of hydrogen-bond donors (Lipinski definition) is 0. The smallest absolute Gasteiger partial charge is 0.164 e. The van der Waals surface area contributed by atoms with Gasteiger partial charge >= 0.3 is 0 Å². The Labute approximate surface area is 123 Å². The van der Waals surface area contributed by atoms with Gasteiger partial charge in [0.15, 0.2) is 5.78 Å². The highest BCUT2D eigenvalue weighted by Gasteiger charge is 2.11. The molecule has 21 heavy (non-hydrogen) atoms. The van der Waals surface area contributed by atoms with Gasteiger partial charge in [-0.15, -0.1) is 0 Å². The second-order valence-corrected chi connectivity index (χ2v) is 5.09. The lowest BCUT2D eigenvalue weighted by Gasteiger charge is -2.19. The summed E-state index contributed by atoms with van der Waals surface area (Å²) in [7, 11) is 1.88. The average molecular weight is 289 g/mol. The Morgan fingerprint density at radius 2 is 1.76 bits per heavy atom. The van der Waals surface area contributed by atoms with Gasteiger partial charge in [0, 0.05) is 37.3 Å². The summed E-state index contributed by atoms with van der Waals surface area (Å²) in [4.78, 5) is 13.9. The van der Waals surface area contributed by atoms with Crippen molar-refractivity contribution < 1.29 is 13.6 Å². The molecule has 0 heterocycles. The molecule has 2 rings (SSSR count). The van der Waals surface area contributed by atoms with Crippen LogP contribution in [0.4, 0.5) is 14.5 Å². The lowest BCUT2D eigenvalue weighted by atomic mass is 10.1. The van der Waals surface area contributed by atoms with E-state index in [0.717, 1.165) is 29.4 Å². The van der Waals surface area contributed by atoms with E-state index < -0.39 is 11.6 Å². The molecule has 0 unspecified atom stereocenters. The molecule has 0 saturated carbocycles. The van der Waals surface area contributed by atoms with Crippen LogP contribution in [0.15, 0.2) is 42.5 Å². The van der Waals surface area contributed by atoms with Crippen molar-refractivity contribution >= 4 is 11.5 Å². The highest BCUT2D eigenvalue weighted by molar-refractivity contribution is 5.96. The van der Waals surface area contributed by atoms with E-state index in [9.17, 15) is 13.6 Å². The molecule has 0 aliphatic heterocycles. The number of benzene rings is 2. The third-order valence-electron chi connectivity index (χ3n) is 3.30. The fourth-order valence-electron chi connectivity index (χ4n) is 2.12. The van der Waals surface area contributed by atoms with Crippen molar-refractivity contribution in [3.8, 4) is 0 Å². The van der Waals surface area contributed by atoms with E-state index in [2.05, 4.69) is 0 Å². The number of carbonyl (C=O) groups excluding carboxylic acids is 1. The van der Waals surface area contributed by atoms with E-state index in [4.69, 9.17) is 0 Å². The van der Waals surface area contributed by atoms with Crippen molar-refractivity contribution in [2.75, 3.05) is 18.5 Å². The van der Waals surface area contributed by atoms with Gasteiger partial charge in [0.25, 0.3) is 0 Å². The SMILES string of the molecule is Cc1cccc(N(C)CCC(=O)c2cc(F)cc(F)c2)c1. The number of anilines is 1. The highest BCUT2D eigenvalue weighted by Crippen LogP contribution is 2.16. The molecular formula is C17H17F2NO. The number of ketones is 1. The summed E-state index contributed by atoms with van der Waals surface area (Å²) in [6.07, 6.45) is 0.202. The van der Waals surface area contributed by atoms with Crippen molar-refractivity contribution in [1.82, 2.24) is 0 Å². The molecule has 0 atom stereocenters. The lowest BCUT2D eigenvalue weighted by Crippen LogP contribution is -2.21. The van der Waals surface area contributed by atoms with E-state index in [1.165, 1.54) is 0 Å². The zero-order chi connectivity index (χ0) is 15.4. The predicted molar refractivity (Wildman–Crippen MR) is 79.8 cm³/mol. The second kappa shape index (κ2) is 6.48. The molecule has 0 spiro atoms. The maximum Gasteiger partial charge on any atom is 0.164 e. The summed E-state index contributed by atoms with van der Waals surface area (Å²) in [5, 5.41) is 0. The van der Waals surface area contributed by atoms with Crippen LogP contribution in [0.25, 0.3) is 0 Å². The molecule has 0 aliphatic carbocycles. The average Bonchev–Trinajstić information content (AvgIpc) is 2.43. The Kier molecular flexibility index (Phi) is 4.68. The van der Waals surface area contributed by atoms with Crippen LogP contribution in [-0.4, -0.2) is 19.4 Å². The maximum atomic E-state index is 13.1. The Morgan fingerprint density at radius 1 is 1.10 bits per heavy atom. The number of rotatable bonds is 5. The molecule has 0 saturated heterocycles. The number of carbonyl (C=O) groups is 1. The van der Waals surface area contributed by atoms with Crippen molar-refractivity contribution in [3.63, 3.8) is 0 Å². The number of halogens is 2. The summed E-state index contributed by atoms with van der Waals surface area (Å²) in [6.45, 7) is 2.48. The van der Waals surface area contributed by atoms with Crippen LogP contribution in [0.3, 0.4) is 0 Å². The van der Waals surface area contributed by atoms with Crippen LogP contribution < -0.4 is 4.90 Å². The Bertz CT molecular complexity index is 635. The van der Waals surface area contributed by atoms with Crippen molar-refractivity contribution in [2.45, 2.75) is 13.3 Å². The lowest BCUT2D eigenvalue weighted by molar-refractivity contribution is 0.0984. The number of aryl methyl sites for hydroxylation is 1. The first-order valence-corrected chi connectivity index (χ1v) is 6.73. The number of nitrogens with zero attached hydrogens (tertiary/aromatic N) is 1. The molecule has 4 heteroatoms. The van der Waals surface area contributed by atoms with Gasteiger partial charge in [-0.2, -0.15) is 0 Å². The van der Waals surface area contributed by atoms with Gasteiger partial charge in [-0.1, -0.05) is 12.1 Å². The summed E-state index contributed by atoms with van der Waals surface area (Å²) < 4.78 is 26.2. The van der Waals surface area contributed by atoms with Crippen LogP contribution in [0.2, 0.25) is 0 Å². The first-order valence-electron chi connectivity index (χ1n) is 6.73. The first kappa shape index (κ1) is 15.2. The highest BCUT2D eigenvalue weighted by atomic mass is 19.1. The zero-order valence-corrected chi connectivity index (χ0v) is 12.1. The second-order valence-electron chi connectivity index (χ2n) is 5.09. The van der Waals surface area contributed by atoms with E-state index >= 15 is 0 Å². The minimum Gasteiger partial charge on any atom is -0.374 e. The summed E-state index contributed by atoms with van der Waals surface area (Å²) in [6, 6.07) is 10.8. The normalized spacial score (nSPS) is 10.5. The van der Waals surface area contributed by atoms with Crippen molar-refractivity contribution in [1.29, 1.82) is 0 Å². The van der Waals surface area contributed by atoms with Gasteiger partial charge in [0.2, 0.25) is 0 Å². The Hall–Kier alpha value is -2.23. The van der Waals surface area contributed by atoms with Crippen molar-refractivity contribution in [2.24, 2.45) is 0 Å². The quantitative estimate of drug-likeness (QED) is 0.776. The van der Waals surface area contributed by atoms with Gasteiger partial charge in [0.1, 0.15) is 11.6 Å². The maximum absolute atomic E-state index is 13.1. The minimum atomic E-state index is -0.731.